The van der Waals surface area contributed by atoms with Gasteiger partial charge in [0.1, 0.15) is 6.54 Å². The highest BCUT2D eigenvalue weighted by Crippen LogP contribution is 2.18. The number of carbonyl (C=O) groups is 3. The maximum absolute atomic E-state index is 11.8. The van der Waals surface area contributed by atoms with Gasteiger partial charge in [0.25, 0.3) is 5.91 Å². The number of hydrogen-bond donors (Lipinski definition) is 1. The van der Waals surface area contributed by atoms with Crippen molar-refractivity contribution in [2.24, 2.45) is 0 Å². The Kier molecular flexibility index (Phi) is 5.82. The summed E-state index contributed by atoms with van der Waals surface area (Å²) >= 11 is 0. The lowest BCUT2D eigenvalue weighted by Gasteiger charge is -2.10. The summed E-state index contributed by atoms with van der Waals surface area (Å²) in [6.45, 7) is 5.30. The van der Waals surface area contributed by atoms with Crippen LogP contribution in [0.3, 0.4) is 0 Å². The minimum absolute atomic E-state index is 0.0673. The third-order valence-corrected chi connectivity index (χ3v) is 2.51. The molecular formula is C12H18N4O5. The van der Waals surface area contributed by atoms with E-state index in [-0.39, 0.29) is 24.8 Å². The number of aromatic nitrogens is 3. The van der Waals surface area contributed by atoms with E-state index in [1.807, 2.05) is 19.2 Å². The molecule has 116 valence electrons. The van der Waals surface area contributed by atoms with Crippen molar-refractivity contribution in [1.82, 2.24) is 20.3 Å². The van der Waals surface area contributed by atoms with Crippen molar-refractivity contribution in [2.75, 3.05) is 13.7 Å². The minimum Gasteiger partial charge on any atom is -0.461 e. The van der Waals surface area contributed by atoms with Crippen LogP contribution in [0.2, 0.25) is 0 Å². The summed E-state index contributed by atoms with van der Waals surface area (Å²) < 4.78 is 10.5. The number of esters is 1. The Morgan fingerprint density at radius 1 is 1.33 bits per heavy atom. The van der Waals surface area contributed by atoms with Gasteiger partial charge in [0.2, 0.25) is 0 Å². The fourth-order valence-electron chi connectivity index (χ4n) is 1.69. The van der Waals surface area contributed by atoms with Crippen LogP contribution in [0.4, 0.5) is 4.79 Å². The molecule has 0 atom stereocenters. The summed E-state index contributed by atoms with van der Waals surface area (Å²) in [7, 11) is 1.15. The first kappa shape index (κ1) is 16.6. The second-order valence-corrected chi connectivity index (χ2v) is 4.40. The van der Waals surface area contributed by atoms with Crippen LogP contribution in [0, 0.1) is 0 Å². The maximum Gasteiger partial charge on any atom is 0.413 e. The SMILES string of the molecule is CCOC(=O)c1nnn(CC(=O)NC(=O)OC)c1C(C)C. The van der Waals surface area contributed by atoms with E-state index in [0.717, 1.165) is 7.11 Å². The third kappa shape index (κ3) is 4.26. The highest BCUT2D eigenvalue weighted by atomic mass is 16.5. The highest BCUT2D eigenvalue weighted by Gasteiger charge is 2.24. The third-order valence-electron chi connectivity index (χ3n) is 2.51. The second-order valence-electron chi connectivity index (χ2n) is 4.40. The van der Waals surface area contributed by atoms with Gasteiger partial charge in [-0.1, -0.05) is 19.1 Å². The van der Waals surface area contributed by atoms with Crippen LogP contribution < -0.4 is 5.32 Å². The quantitative estimate of drug-likeness (QED) is 0.786. The molecule has 21 heavy (non-hydrogen) atoms. The van der Waals surface area contributed by atoms with Crippen molar-refractivity contribution < 1.29 is 23.9 Å². The molecule has 1 N–H and O–H groups in total. The zero-order valence-electron chi connectivity index (χ0n) is 12.4. The van der Waals surface area contributed by atoms with E-state index < -0.39 is 18.0 Å². The first-order valence-electron chi connectivity index (χ1n) is 6.39. The molecule has 1 heterocycles. The normalized spacial score (nSPS) is 10.3. The first-order valence-corrected chi connectivity index (χ1v) is 6.39. The monoisotopic (exact) mass is 298 g/mol. The predicted octanol–water partition coefficient (Wildman–Crippen LogP) is 0.461. The molecule has 0 aliphatic carbocycles. The van der Waals surface area contributed by atoms with Crippen molar-refractivity contribution in [1.29, 1.82) is 0 Å². The Bertz CT molecular complexity index is 538. The number of carbonyl (C=O) groups excluding carboxylic acids is 3. The van der Waals surface area contributed by atoms with E-state index in [4.69, 9.17) is 4.74 Å². The van der Waals surface area contributed by atoms with Crippen LogP contribution >= 0.6 is 0 Å². The van der Waals surface area contributed by atoms with E-state index in [0.29, 0.717) is 5.69 Å². The van der Waals surface area contributed by atoms with Gasteiger partial charge in [-0.15, -0.1) is 5.10 Å². The zero-order valence-corrected chi connectivity index (χ0v) is 12.4. The summed E-state index contributed by atoms with van der Waals surface area (Å²) in [5.74, 6) is -1.32. The second kappa shape index (κ2) is 7.36. The first-order chi connectivity index (χ1) is 9.90. The molecule has 9 heteroatoms. The largest absolute Gasteiger partial charge is 0.461 e. The lowest BCUT2D eigenvalue weighted by Crippen LogP contribution is -2.34. The molecule has 1 aromatic heterocycles. The number of nitrogens with zero attached hydrogens (tertiary/aromatic N) is 3. The van der Waals surface area contributed by atoms with Crippen molar-refractivity contribution in [3.05, 3.63) is 11.4 Å². The molecule has 0 bridgehead atoms. The molecule has 2 amide bonds. The molecule has 1 aromatic rings. The van der Waals surface area contributed by atoms with Gasteiger partial charge < -0.3 is 9.47 Å². The smallest absolute Gasteiger partial charge is 0.413 e. The molecule has 0 saturated heterocycles. The van der Waals surface area contributed by atoms with E-state index in [1.165, 1.54) is 4.68 Å². The fraction of sp³-hybridized carbons (Fsp3) is 0.583. The number of alkyl carbamates (subject to hydrolysis) is 1. The Balaban J connectivity index is 2.95. The van der Waals surface area contributed by atoms with Gasteiger partial charge in [-0.05, 0) is 12.8 Å². The standard InChI is InChI=1S/C12H18N4O5/c1-5-21-11(18)9-10(7(2)3)16(15-14-9)6-8(17)13-12(19)20-4/h7H,5-6H2,1-4H3,(H,13,17,19). The fourth-order valence-corrected chi connectivity index (χ4v) is 1.69. The Labute approximate surface area is 121 Å². The predicted molar refractivity (Wildman–Crippen MR) is 70.6 cm³/mol. The van der Waals surface area contributed by atoms with Crippen molar-refractivity contribution in [2.45, 2.75) is 33.2 Å². The Morgan fingerprint density at radius 2 is 2.00 bits per heavy atom. The average molecular weight is 298 g/mol. The van der Waals surface area contributed by atoms with Crippen LogP contribution in [0.1, 0.15) is 42.9 Å². The van der Waals surface area contributed by atoms with Gasteiger partial charge >= 0.3 is 12.1 Å². The van der Waals surface area contributed by atoms with Crippen LogP contribution in [0.25, 0.3) is 0 Å². The number of hydrogen-bond acceptors (Lipinski definition) is 7. The van der Waals surface area contributed by atoms with Crippen molar-refractivity contribution >= 4 is 18.0 Å². The molecule has 0 radical (unpaired) electrons. The van der Waals surface area contributed by atoms with Crippen molar-refractivity contribution in [3.63, 3.8) is 0 Å². The summed E-state index contributed by atoms with van der Waals surface area (Å²) in [4.78, 5) is 34.4. The van der Waals surface area contributed by atoms with E-state index >= 15 is 0 Å². The Morgan fingerprint density at radius 3 is 2.52 bits per heavy atom. The van der Waals surface area contributed by atoms with Crippen LogP contribution in [-0.2, 0) is 20.8 Å². The van der Waals surface area contributed by atoms with E-state index in [9.17, 15) is 14.4 Å². The van der Waals surface area contributed by atoms with Gasteiger partial charge in [-0.2, -0.15) is 0 Å². The molecule has 0 unspecified atom stereocenters. The molecule has 1 rings (SSSR count). The maximum atomic E-state index is 11.8. The molecule has 0 fully saturated rings. The number of methoxy groups -OCH3 is 1. The van der Waals surface area contributed by atoms with Crippen LogP contribution in [0.15, 0.2) is 0 Å². The molecular weight excluding hydrogens is 280 g/mol. The van der Waals surface area contributed by atoms with Crippen LogP contribution in [0.5, 0.6) is 0 Å². The number of nitrogens with one attached hydrogen (secondary N) is 1. The van der Waals surface area contributed by atoms with Crippen LogP contribution in [-0.4, -0.2) is 46.7 Å². The molecule has 0 aliphatic heterocycles. The lowest BCUT2D eigenvalue weighted by atomic mass is 10.1. The topological polar surface area (TPSA) is 112 Å². The van der Waals surface area contributed by atoms with Gasteiger partial charge in [0.05, 0.1) is 19.4 Å². The van der Waals surface area contributed by atoms with Crippen molar-refractivity contribution in [3.8, 4) is 0 Å². The number of amides is 2. The molecule has 0 aliphatic rings. The Hall–Kier alpha value is -2.45. The summed E-state index contributed by atoms with van der Waals surface area (Å²) in [6.07, 6.45) is -0.864. The molecule has 0 spiro atoms. The summed E-state index contributed by atoms with van der Waals surface area (Å²) in [5, 5.41) is 9.52. The number of ether oxygens (including phenoxy) is 2. The van der Waals surface area contributed by atoms with E-state index in [2.05, 4.69) is 15.0 Å². The van der Waals surface area contributed by atoms with Gasteiger partial charge in [0.15, 0.2) is 5.69 Å². The summed E-state index contributed by atoms with van der Waals surface area (Å²) in [6, 6.07) is 0. The number of rotatable bonds is 5. The minimum atomic E-state index is -0.864. The number of imide groups is 1. The summed E-state index contributed by atoms with van der Waals surface area (Å²) in [5.41, 5.74) is 0.534. The highest BCUT2D eigenvalue weighted by molar-refractivity contribution is 5.92. The van der Waals surface area contributed by atoms with Gasteiger partial charge in [0, 0.05) is 0 Å². The average Bonchev–Trinajstić information content (AvgIpc) is 2.82. The zero-order chi connectivity index (χ0) is 16.0. The van der Waals surface area contributed by atoms with E-state index in [1.54, 1.807) is 6.92 Å². The molecule has 0 saturated carbocycles. The van der Waals surface area contributed by atoms with Gasteiger partial charge in [-0.25, -0.2) is 14.3 Å². The lowest BCUT2D eigenvalue weighted by molar-refractivity contribution is -0.121. The van der Waals surface area contributed by atoms with Gasteiger partial charge in [-0.3, -0.25) is 10.1 Å². The molecule has 0 aromatic carbocycles. The molecule has 9 nitrogen and oxygen atoms in total.